The van der Waals surface area contributed by atoms with E-state index >= 15 is 0 Å². The number of hydrogen-bond acceptors (Lipinski definition) is 3. The van der Waals surface area contributed by atoms with Crippen molar-refractivity contribution < 1.29 is 5.11 Å². The van der Waals surface area contributed by atoms with E-state index < -0.39 is 0 Å². The average molecular weight is 234 g/mol. The van der Waals surface area contributed by atoms with Crippen LogP contribution < -0.4 is 4.90 Å². The van der Waals surface area contributed by atoms with E-state index in [-0.39, 0.29) is 6.61 Å². The molecule has 0 atom stereocenters. The van der Waals surface area contributed by atoms with Crippen molar-refractivity contribution in [3.05, 3.63) is 30.3 Å². The summed E-state index contributed by atoms with van der Waals surface area (Å²) in [6.45, 7) is 3.26. The van der Waals surface area contributed by atoms with Gasteiger partial charge in [0.25, 0.3) is 0 Å². The Morgan fingerprint density at radius 1 is 1.24 bits per heavy atom. The zero-order valence-electron chi connectivity index (χ0n) is 10.5. The number of aliphatic hydroxyl groups is 1. The van der Waals surface area contributed by atoms with Crippen LogP contribution in [0.1, 0.15) is 12.8 Å². The first kappa shape index (κ1) is 12.4. The molecule has 94 valence electrons. The molecule has 0 bridgehead atoms. The van der Waals surface area contributed by atoms with Crippen LogP contribution in [0.15, 0.2) is 30.3 Å². The van der Waals surface area contributed by atoms with Crippen molar-refractivity contribution in [2.45, 2.75) is 18.9 Å². The van der Waals surface area contributed by atoms with Crippen molar-refractivity contribution in [1.82, 2.24) is 4.90 Å². The number of rotatable bonds is 4. The van der Waals surface area contributed by atoms with E-state index in [1.165, 1.54) is 18.5 Å². The highest BCUT2D eigenvalue weighted by molar-refractivity contribution is 5.47. The Hall–Kier alpha value is -1.06. The fraction of sp³-hybridized carbons (Fsp3) is 0.571. The van der Waals surface area contributed by atoms with Gasteiger partial charge in [0.15, 0.2) is 0 Å². The molecule has 1 aromatic rings. The molecular formula is C14H22N2O. The monoisotopic (exact) mass is 234 g/mol. The van der Waals surface area contributed by atoms with Gasteiger partial charge in [-0.3, -0.25) is 0 Å². The Balaban J connectivity index is 2.07. The van der Waals surface area contributed by atoms with Crippen molar-refractivity contribution in [1.29, 1.82) is 0 Å². The molecule has 2 rings (SSSR count). The molecule has 1 aliphatic heterocycles. The van der Waals surface area contributed by atoms with Gasteiger partial charge in [-0.1, -0.05) is 18.2 Å². The molecule has 0 spiro atoms. The molecule has 3 heteroatoms. The molecule has 1 fully saturated rings. The van der Waals surface area contributed by atoms with Crippen LogP contribution in [0.25, 0.3) is 0 Å². The van der Waals surface area contributed by atoms with Gasteiger partial charge in [-0.25, -0.2) is 0 Å². The number of hydrogen-bond donors (Lipinski definition) is 1. The maximum atomic E-state index is 9.23. The summed E-state index contributed by atoms with van der Waals surface area (Å²) < 4.78 is 0. The Kier molecular flexibility index (Phi) is 4.40. The molecule has 3 nitrogen and oxygen atoms in total. The minimum atomic E-state index is 0.223. The molecule has 0 amide bonds. The summed E-state index contributed by atoms with van der Waals surface area (Å²) in [5, 5.41) is 9.23. The van der Waals surface area contributed by atoms with Gasteiger partial charge < -0.3 is 14.9 Å². The maximum absolute atomic E-state index is 9.23. The quantitative estimate of drug-likeness (QED) is 0.857. The molecule has 1 aliphatic rings. The second-order valence-electron chi connectivity index (χ2n) is 4.79. The van der Waals surface area contributed by atoms with Gasteiger partial charge >= 0.3 is 0 Å². The molecule has 0 radical (unpaired) electrons. The fourth-order valence-electron chi connectivity index (χ4n) is 2.56. The highest BCUT2D eigenvalue weighted by Gasteiger charge is 2.22. The second-order valence-corrected chi connectivity index (χ2v) is 4.79. The van der Waals surface area contributed by atoms with Crippen LogP contribution in [-0.2, 0) is 0 Å². The first-order valence-corrected chi connectivity index (χ1v) is 6.42. The summed E-state index contributed by atoms with van der Waals surface area (Å²) in [7, 11) is 2.18. The zero-order valence-corrected chi connectivity index (χ0v) is 10.5. The third-order valence-corrected chi connectivity index (χ3v) is 3.56. The molecule has 0 saturated carbocycles. The van der Waals surface area contributed by atoms with Gasteiger partial charge in [0.1, 0.15) is 0 Å². The van der Waals surface area contributed by atoms with Crippen LogP contribution in [0.5, 0.6) is 0 Å². The molecule has 1 N–H and O–H groups in total. The lowest BCUT2D eigenvalue weighted by molar-refractivity contribution is 0.239. The van der Waals surface area contributed by atoms with Crippen LogP contribution >= 0.6 is 0 Å². The van der Waals surface area contributed by atoms with Gasteiger partial charge in [0, 0.05) is 18.3 Å². The lowest BCUT2D eigenvalue weighted by Gasteiger charge is -2.38. The predicted octanol–water partition coefficient (Wildman–Crippen LogP) is 1.58. The minimum absolute atomic E-state index is 0.223. The summed E-state index contributed by atoms with van der Waals surface area (Å²) in [5.74, 6) is 0. The van der Waals surface area contributed by atoms with Crippen molar-refractivity contribution in [2.24, 2.45) is 0 Å². The lowest BCUT2D eigenvalue weighted by atomic mass is 10.0. The van der Waals surface area contributed by atoms with Crippen LogP contribution in [0, 0.1) is 0 Å². The number of piperidine rings is 1. The molecule has 17 heavy (non-hydrogen) atoms. The van der Waals surface area contributed by atoms with E-state index in [9.17, 15) is 5.11 Å². The Labute approximate surface area is 104 Å². The lowest BCUT2D eigenvalue weighted by Crippen LogP contribution is -2.45. The van der Waals surface area contributed by atoms with E-state index in [0.717, 1.165) is 19.6 Å². The summed E-state index contributed by atoms with van der Waals surface area (Å²) in [4.78, 5) is 4.73. The number of para-hydroxylation sites is 1. The van der Waals surface area contributed by atoms with E-state index in [1.807, 2.05) is 6.07 Å². The molecule has 0 aromatic heterocycles. The number of anilines is 1. The SMILES string of the molecule is CN1CCC(N(CCO)c2ccccc2)CC1. The number of aliphatic hydroxyl groups excluding tert-OH is 1. The van der Waals surface area contributed by atoms with Crippen LogP contribution in [-0.4, -0.2) is 49.3 Å². The number of nitrogens with zero attached hydrogens (tertiary/aromatic N) is 2. The summed E-state index contributed by atoms with van der Waals surface area (Å²) in [6, 6.07) is 11.0. The number of likely N-dealkylation sites (tertiary alicyclic amines) is 1. The molecule has 0 aliphatic carbocycles. The molecule has 1 heterocycles. The largest absolute Gasteiger partial charge is 0.395 e. The van der Waals surface area contributed by atoms with E-state index in [4.69, 9.17) is 0 Å². The Morgan fingerprint density at radius 3 is 2.47 bits per heavy atom. The summed E-state index contributed by atoms with van der Waals surface area (Å²) >= 11 is 0. The van der Waals surface area contributed by atoms with Crippen LogP contribution in [0.2, 0.25) is 0 Å². The van der Waals surface area contributed by atoms with Crippen molar-refractivity contribution in [3.8, 4) is 0 Å². The Morgan fingerprint density at radius 2 is 1.88 bits per heavy atom. The van der Waals surface area contributed by atoms with Crippen molar-refractivity contribution in [2.75, 3.05) is 38.2 Å². The van der Waals surface area contributed by atoms with Gasteiger partial charge in [-0.15, -0.1) is 0 Å². The number of benzene rings is 1. The van der Waals surface area contributed by atoms with Gasteiger partial charge in [-0.2, -0.15) is 0 Å². The standard InChI is InChI=1S/C14H22N2O/c1-15-9-7-14(8-10-15)16(11-12-17)13-5-3-2-4-6-13/h2-6,14,17H,7-12H2,1H3. The Bertz CT molecular complexity index is 320. The third kappa shape index (κ3) is 3.20. The van der Waals surface area contributed by atoms with Gasteiger partial charge in [-0.05, 0) is 45.1 Å². The molecule has 1 saturated heterocycles. The van der Waals surface area contributed by atoms with Crippen LogP contribution in [0.3, 0.4) is 0 Å². The second kappa shape index (κ2) is 6.03. The molecular weight excluding hydrogens is 212 g/mol. The third-order valence-electron chi connectivity index (χ3n) is 3.56. The molecule has 0 unspecified atom stereocenters. The topological polar surface area (TPSA) is 26.7 Å². The van der Waals surface area contributed by atoms with Crippen molar-refractivity contribution in [3.63, 3.8) is 0 Å². The maximum Gasteiger partial charge on any atom is 0.0606 e. The smallest absolute Gasteiger partial charge is 0.0606 e. The minimum Gasteiger partial charge on any atom is -0.395 e. The predicted molar refractivity (Wildman–Crippen MR) is 71.4 cm³/mol. The highest BCUT2D eigenvalue weighted by atomic mass is 16.3. The van der Waals surface area contributed by atoms with Gasteiger partial charge in [0.05, 0.1) is 6.61 Å². The first-order chi connectivity index (χ1) is 8.31. The summed E-state index contributed by atoms with van der Waals surface area (Å²) in [5.41, 5.74) is 1.23. The molecule has 1 aromatic carbocycles. The van der Waals surface area contributed by atoms with Gasteiger partial charge in [0.2, 0.25) is 0 Å². The zero-order chi connectivity index (χ0) is 12.1. The highest BCUT2D eigenvalue weighted by Crippen LogP contribution is 2.22. The fourth-order valence-corrected chi connectivity index (χ4v) is 2.56. The average Bonchev–Trinajstić information content (AvgIpc) is 2.38. The van der Waals surface area contributed by atoms with E-state index in [0.29, 0.717) is 6.04 Å². The van der Waals surface area contributed by atoms with E-state index in [1.54, 1.807) is 0 Å². The summed E-state index contributed by atoms with van der Waals surface area (Å²) in [6.07, 6.45) is 2.37. The normalized spacial score (nSPS) is 18.2. The van der Waals surface area contributed by atoms with E-state index in [2.05, 4.69) is 41.1 Å². The van der Waals surface area contributed by atoms with Crippen molar-refractivity contribution >= 4 is 5.69 Å². The first-order valence-electron chi connectivity index (χ1n) is 6.42. The van der Waals surface area contributed by atoms with Crippen LogP contribution in [0.4, 0.5) is 5.69 Å².